The summed E-state index contributed by atoms with van der Waals surface area (Å²) < 4.78 is 58.8. The lowest BCUT2D eigenvalue weighted by Gasteiger charge is -2.48. The molecule has 382 valence electrons. The fourth-order valence-corrected chi connectivity index (χ4v) is 18.5. The zero-order valence-corrected chi connectivity index (χ0v) is 46.6. The molecule has 0 aromatic heterocycles. The first kappa shape index (κ1) is 58.5. The summed E-state index contributed by atoms with van der Waals surface area (Å²) in [6, 6.07) is 5.73. The summed E-state index contributed by atoms with van der Waals surface area (Å²) >= 11 is 0. The van der Waals surface area contributed by atoms with Crippen LogP contribution in [0.5, 0.6) is 0 Å². The van der Waals surface area contributed by atoms with Crippen molar-refractivity contribution in [3.63, 3.8) is 0 Å². The van der Waals surface area contributed by atoms with Crippen LogP contribution in [0.4, 0.5) is 0 Å². The van der Waals surface area contributed by atoms with Crippen LogP contribution in [0.2, 0.25) is 36.3 Å². The summed E-state index contributed by atoms with van der Waals surface area (Å²) in [5.41, 5.74) is -1.21. The van der Waals surface area contributed by atoms with E-state index in [1.165, 1.54) is 7.11 Å². The lowest BCUT2D eigenvalue weighted by Crippen LogP contribution is -2.57. The van der Waals surface area contributed by atoms with Crippen molar-refractivity contribution >= 4 is 28.4 Å². The van der Waals surface area contributed by atoms with E-state index in [1.54, 1.807) is 21.3 Å². The minimum Gasteiger partial charge on any atom is -0.469 e. The molecule has 0 saturated carbocycles. The number of Topliss-reactive ketones (excluding diaryl/α,β-unsaturated/α-hetero) is 1. The number of hydrogen-bond donors (Lipinski definition) is 1. The smallest absolute Gasteiger partial charge is 0.311 e. The van der Waals surface area contributed by atoms with Gasteiger partial charge in [-0.05, 0) is 100 Å². The zero-order chi connectivity index (χ0) is 49.1. The molecule has 0 amide bonds. The van der Waals surface area contributed by atoms with E-state index in [9.17, 15) is 14.7 Å². The van der Waals surface area contributed by atoms with Crippen molar-refractivity contribution in [1.29, 1.82) is 0 Å². The average Bonchev–Trinajstić information content (AvgIpc) is 3.94. The highest BCUT2D eigenvalue weighted by Gasteiger charge is 2.58. The molecule has 65 heavy (non-hydrogen) atoms. The van der Waals surface area contributed by atoms with Crippen molar-refractivity contribution in [3.8, 4) is 0 Å². The lowest BCUT2D eigenvalue weighted by molar-refractivity contribution is -0.334. The highest BCUT2D eigenvalue weighted by atomic mass is 28.4. The topological polar surface area (TPSA) is 137 Å². The van der Waals surface area contributed by atoms with Crippen molar-refractivity contribution < 1.29 is 56.7 Å². The quantitative estimate of drug-likeness (QED) is 0.0564. The van der Waals surface area contributed by atoms with Gasteiger partial charge in [0.15, 0.2) is 22.4 Å². The van der Waals surface area contributed by atoms with Crippen LogP contribution in [0.15, 0.2) is 0 Å². The van der Waals surface area contributed by atoms with Crippen molar-refractivity contribution in [2.45, 2.75) is 244 Å². The molecule has 1 N–H and O–H groups in total. The van der Waals surface area contributed by atoms with E-state index in [1.807, 2.05) is 20.8 Å². The van der Waals surface area contributed by atoms with Gasteiger partial charge in [-0.1, -0.05) is 83.1 Å². The van der Waals surface area contributed by atoms with Gasteiger partial charge in [0.05, 0.1) is 67.0 Å². The van der Waals surface area contributed by atoms with Gasteiger partial charge >= 0.3 is 5.97 Å². The van der Waals surface area contributed by atoms with E-state index < -0.39 is 63.8 Å². The number of rotatable bonds is 29. The Kier molecular flexibility index (Phi) is 22.8. The molecule has 12 nitrogen and oxygen atoms in total. The Labute approximate surface area is 398 Å². The molecule has 3 saturated heterocycles. The maximum absolute atomic E-state index is 14.2. The second-order valence-corrected chi connectivity index (χ2v) is 30.5. The Morgan fingerprint density at radius 2 is 1.42 bits per heavy atom. The molecule has 3 fully saturated rings. The Balaban J connectivity index is 1.88. The third kappa shape index (κ3) is 13.1. The van der Waals surface area contributed by atoms with E-state index >= 15 is 0 Å². The number of hydrogen-bond acceptors (Lipinski definition) is 12. The molecule has 3 rings (SSSR count). The molecule has 0 aliphatic carbocycles. The molecule has 0 spiro atoms. The number of ether oxygens (including phenoxy) is 7. The molecule has 3 aliphatic rings. The number of methoxy groups -OCH3 is 4. The Hall–Kier alpha value is -0.786. The van der Waals surface area contributed by atoms with Crippen LogP contribution in [-0.4, -0.2) is 128 Å². The number of carbonyl (C=O) groups excluding carboxylic acids is 2. The van der Waals surface area contributed by atoms with Crippen LogP contribution >= 0.6 is 0 Å². The standard InChI is InChI=1S/C51H98O12Si2/c1-19-50(47-35(9)31-42(59-47)44-34(8)30-36(10)51(58-18,61-44)33-55-15)29-27-43(60-50)49(14,63-65(23-5,24-6)25-7)28-26-40(52)32-41(53)37(11)46(62-64(20-2,21-3)22-4)38(12)45(56-16)39(13)48(54)57-17/h34-39,41-47,53H,19-33H2,1-18H3/t34-,35-,36+,37+,38-,39-,41-,42+,43+,44?,45+,46-,47+,49-,50-,51-/m0/s1. The molecule has 0 radical (unpaired) electrons. The van der Waals surface area contributed by atoms with Crippen LogP contribution in [0.3, 0.4) is 0 Å². The largest absolute Gasteiger partial charge is 0.469 e. The Bertz CT molecular complexity index is 1430. The summed E-state index contributed by atoms with van der Waals surface area (Å²) in [7, 11) is 2.03. The van der Waals surface area contributed by atoms with E-state index in [4.69, 9.17) is 42.0 Å². The maximum atomic E-state index is 14.2. The minimum absolute atomic E-state index is 0.000713. The zero-order valence-electron chi connectivity index (χ0n) is 44.6. The molecule has 1 unspecified atom stereocenters. The molecular weight excluding hydrogens is 861 g/mol. The molecule has 3 heterocycles. The van der Waals surface area contributed by atoms with Gasteiger partial charge in [0.2, 0.25) is 0 Å². The molecule has 0 aromatic carbocycles. The molecule has 0 aromatic rings. The highest BCUT2D eigenvalue weighted by molar-refractivity contribution is 6.74. The van der Waals surface area contributed by atoms with Crippen LogP contribution in [0, 0.1) is 35.5 Å². The molecular formula is C51H98O12Si2. The van der Waals surface area contributed by atoms with Gasteiger partial charge < -0.3 is 47.1 Å². The van der Waals surface area contributed by atoms with Crippen LogP contribution < -0.4 is 0 Å². The van der Waals surface area contributed by atoms with Crippen LogP contribution in [0.25, 0.3) is 0 Å². The summed E-state index contributed by atoms with van der Waals surface area (Å²) in [5, 5.41) is 12.0. The fourth-order valence-electron chi connectivity index (χ4n) is 12.3. The maximum Gasteiger partial charge on any atom is 0.311 e. The van der Waals surface area contributed by atoms with E-state index in [2.05, 4.69) is 76.2 Å². The van der Waals surface area contributed by atoms with Crippen LogP contribution in [-0.2, 0) is 51.6 Å². The van der Waals surface area contributed by atoms with Gasteiger partial charge in [-0.3, -0.25) is 9.59 Å². The minimum atomic E-state index is -2.19. The predicted octanol–water partition coefficient (Wildman–Crippen LogP) is 10.5. The number of esters is 1. The Morgan fingerprint density at radius 3 is 1.92 bits per heavy atom. The second kappa shape index (κ2) is 25.4. The van der Waals surface area contributed by atoms with Gasteiger partial charge in [0.1, 0.15) is 12.4 Å². The van der Waals surface area contributed by atoms with Gasteiger partial charge in [0.25, 0.3) is 0 Å². The van der Waals surface area contributed by atoms with E-state index in [0.29, 0.717) is 18.9 Å². The molecule has 16 atom stereocenters. The van der Waals surface area contributed by atoms with Gasteiger partial charge in [-0.15, -0.1) is 0 Å². The van der Waals surface area contributed by atoms with E-state index in [-0.39, 0.29) is 66.8 Å². The monoisotopic (exact) mass is 959 g/mol. The van der Waals surface area contributed by atoms with Crippen molar-refractivity contribution in [3.05, 3.63) is 0 Å². The van der Waals surface area contributed by atoms with Gasteiger partial charge in [0, 0.05) is 51.9 Å². The Morgan fingerprint density at radius 1 is 0.815 bits per heavy atom. The fraction of sp³-hybridized carbons (Fsp3) is 0.961. The van der Waals surface area contributed by atoms with Gasteiger partial charge in [-0.2, -0.15) is 0 Å². The lowest BCUT2D eigenvalue weighted by atomic mass is 9.80. The summed E-state index contributed by atoms with van der Waals surface area (Å²) in [6.45, 7) is 30.6. The average molecular weight is 960 g/mol. The van der Waals surface area contributed by atoms with Crippen LogP contribution in [0.1, 0.15) is 148 Å². The first-order chi connectivity index (χ1) is 30.6. The third-order valence-corrected chi connectivity index (χ3v) is 26.8. The number of carbonyl (C=O) groups is 2. The molecule has 0 bridgehead atoms. The molecule has 3 aliphatic heterocycles. The summed E-state index contributed by atoms with van der Waals surface area (Å²) in [5.74, 6) is -1.64. The summed E-state index contributed by atoms with van der Waals surface area (Å²) in [6.07, 6.45) is 2.58. The van der Waals surface area contributed by atoms with Gasteiger partial charge in [-0.25, -0.2) is 0 Å². The van der Waals surface area contributed by atoms with Crippen molar-refractivity contribution in [1.82, 2.24) is 0 Å². The number of aliphatic hydroxyl groups excluding tert-OH is 1. The predicted molar refractivity (Wildman–Crippen MR) is 263 cm³/mol. The van der Waals surface area contributed by atoms with E-state index in [0.717, 1.165) is 68.4 Å². The molecule has 14 heteroatoms. The first-order valence-corrected chi connectivity index (χ1v) is 30.9. The highest BCUT2D eigenvalue weighted by Crippen LogP contribution is 2.51. The summed E-state index contributed by atoms with van der Waals surface area (Å²) in [4.78, 5) is 27.0. The third-order valence-electron chi connectivity index (χ3n) is 17.4. The SMILES string of the molecule is CC[C@@]1([C@@H]2O[C@@H](C3O[C@](COC)(OC)[C@H](C)C[C@@H]3C)C[C@@H]2C)CC[C@H]([C@](C)(CCC(=O)C[C@H](O)[C@@H](C)[C@H](O[Si](CC)(CC)CC)[C@@H](C)[C@@H](OC)[C@H](C)C(=O)OC)O[Si](CC)(CC)CC)O1. The second-order valence-electron chi connectivity index (χ2n) is 21.0. The number of ketones is 1. The van der Waals surface area contributed by atoms with Crippen molar-refractivity contribution in [2.75, 3.05) is 35.0 Å². The van der Waals surface area contributed by atoms with Crippen molar-refractivity contribution in [2.24, 2.45) is 35.5 Å². The first-order valence-electron chi connectivity index (χ1n) is 25.9. The number of aliphatic hydroxyl groups is 1. The normalized spacial score (nSPS) is 32.6.